The molecule has 1 N–H and O–H groups in total. The van der Waals surface area contributed by atoms with Gasteiger partial charge in [-0.2, -0.15) is 0 Å². The Morgan fingerprint density at radius 2 is 1.93 bits per heavy atom. The summed E-state index contributed by atoms with van der Waals surface area (Å²) in [7, 11) is -4.01. The van der Waals surface area contributed by atoms with Gasteiger partial charge in [0.1, 0.15) is 10.7 Å². The average molecular weight is 417 g/mol. The summed E-state index contributed by atoms with van der Waals surface area (Å²) in [4.78, 5) is 11.6. The third kappa shape index (κ3) is 3.39. The van der Waals surface area contributed by atoms with Crippen molar-refractivity contribution in [2.75, 3.05) is 9.62 Å². The second-order valence-corrected chi connectivity index (χ2v) is 8.83. The number of nitrogens with one attached hydrogen (secondary N) is 1. The molecule has 0 atom stereocenters. The smallest absolute Gasteiger partial charge is 0.266 e. The fraction of sp³-hybridized carbons (Fsp3) is 0.150. The summed E-state index contributed by atoms with van der Waals surface area (Å²) in [6.07, 6.45) is 1.62. The first-order chi connectivity index (χ1) is 13.3. The number of anilines is 2. The quantitative estimate of drug-likeness (QED) is 0.678. The van der Waals surface area contributed by atoms with Gasteiger partial charge in [0.2, 0.25) is 5.91 Å². The van der Waals surface area contributed by atoms with Crippen LogP contribution >= 0.6 is 11.6 Å². The number of aryl methyl sites for hydroxylation is 1. The van der Waals surface area contributed by atoms with Crippen LogP contribution < -0.4 is 9.62 Å². The van der Waals surface area contributed by atoms with E-state index in [2.05, 4.69) is 5.32 Å². The van der Waals surface area contributed by atoms with Crippen molar-refractivity contribution in [2.24, 2.45) is 0 Å². The van der Waals surface area contributed by atoms with Gasteiger partial charge in [-0.1, -0.05) is 29.3 Å². The lowest BCUT2D eigenvalue weighted by Gasteiger charge is -2.24. The number of halogens is 1. The van der Waals surface area contributed by atoms with Gasteiger partial charge < -0.3 is 9.73 Å². The Balaban J connectivity index is 1.82. The fourth-order valence-electron chi connectivity index (χ4n) is 3.11. The topological polar surface area (TPSA) is 79.6 Å². The van der Waals surface area contributed by atoms with Gasteiger partial charge in [0, 0.05) is 5.69 Å². The molecule has 0 bridgehead atoms. The highest BCUT2D eigenvalue weighted by Crippen LogP contribution is 2.35. The lowest BCUT2D eigenvalue weighted by atomic mass is 10.2. The van der Waals surface area contributed by atoms with E-state index < -0.39 is 10.0 Å². The van der Waals surface area contributed by atoms with Gasteiger partial charge in [0.15, 0.2) is 0 Å². The summed E-state index contributed by atoms with van der Waals surface area (Å²) in [5, 5.41) is 2.73. The van der Waals surface area contributed by atoms with E-state index in [1.165, 1.54) is 22.7 Å². The zero-order valence-electron chi connectivity index (χ0n) is 15.0. The van der Waals surface area contributed by atoms with Crippen molar-refractivity contribution in [3.8, 4) is 0 Å². The average Bonchev–Trinajstić information content (AvgIpc) is 3.28. The zero-order chi connectivity index (χ0) is 19.9. The maximum atomic E-state index is 13.5. The molecule has 0 unspecified atom stereocenters. The molecule has 0 radical (unpaired) electrons. The lowest BCUT2D eigenvalue weighted by Crippen LogP contribution is -2.30. The molecule has 2 heterocycles. The minimum Gasteiger partial charge on any atom is -0.467 e. The molecule has 0 saturated heterocycles. The molecule has 144 valence electrons. The summed E-state index contributed by atoms with van der Waals surface area (Å²) >= 11 is 6.30. The van der Waals surface area contributed by atoms with Crippen molar-refractivity contribution in [3.05, 3.63) is 76.7 Å². The normalized spacial score (nSPS) is 13.3. The number of benzene rings is 2. The van der Waals surface area contributed by atoms with E-state index in [-0.39, 0.29) is 28.8 Å². The van der Waals surface area contributed by atoms with Gasteiger partial charge in [0.05, 0.1) is 29.9 Å². The Morgan fingerprint density at radius 1 is 1.18 bits per heavy atom. The molecule has 1 aromatic heterocycles. The lowest BCUT2D eigenvalue weighted by molar-refractivity contribution is -0.115. The maximum absolute atomic E-state index is 13.5. The monoisotopic (exact) mass is 416 g/mol. The third-order valence-corrected chi connectivity index (χ3v) is 6.79. The van der Waals surface area contributed by atoms with E-state index in [0.717, 1.165) is 5.56 Å². The number of furan rings is 1. The molecule has 0 aliphatic carbocycles. The van der Waals surface area contributed by atoms with Crippen LogP contribution in [0.5, 0.6) is 0 Å². The molecule has 2 aromatic carbocycles. The largest absolute Gasteiger partial charge is 0.467 e. The van der Waals surface area contributed by atoms with Crippen molar-refractivity contribution < 1.29 is 17.6 Å². The van der Waals surface area contributed by atoms with Crippen molar-refractivity contribution in [2.45, 2.75) is 24.8 Å². The minimum absolute atomic E-state index is 0.0169. The summed E-state index contributed by atoms with van der Waals surface area (Å²) in [5.41, 5.74) is 2.66. The second kappa shape index (κ2) is 7.00. The van der Waals surface area contributed by atoms with Crippen LogP contribution in [0.4, 0.5) is 11.4 Å². The number of nitrogens with zero attached hydrogens (tertiary/aromatic N) is 1. The molecule has 28 heavy (non-hydrogen) atoms. The van der Waals surface area contributed by atoms with E-state index in [9.17, 15) is 13.2 Å². The van der Waals surface area contributed by atoms with Crippen LogP contribution in [0.2, 0.25) is 5.02 Å². The molecule has 8 heteroatoms. The molecule has 1 aliphatic heterocycles. The highest BCUT2D eigenvalue weighted by atomic mass is 35.5. The van der Waals surface area contributed by atoms with Crippen molar-refractivity contribution in [3.63, 3.8) is 0 Å². The zero-order valence-corrected chi connectivity index (χ0v) is 16.5. The number of hydrogen-bond donors (Lipinski definition) is 1. The molecule has 0 saturated carbocycles. The van der Waals surface area contributed by atoms with Gasteiger partial charge in [-0.15, -0.1) is 0 Å². The SMILES string of the molecule is Cc1ccc(N(Cc2ccco2)S(=O)(=O)c2cc3c(cc2Cl)NC(=O)C3)cc1. The summed E-state index contributed by atoms with van der Waals surface area (Å²) in [6.45, 7) is 1.94. The van der Waals surface area contributed by atoms with E-state index in [1.54, 1.807) is 24.3 Å². The van der Waals surface area contributed by atoms with Crippen LogP contribution in [0.1, 0.15) is 16.9 Å². The van der Waals surface area contributed by atoms with Crippen LogP contribution in [0.15, 0.2) is 64.1 Å². The molecule has 1 aliphatic rings. The molecule has 0 fully saturated rings. The van der Waals surface area contributed by atoms with E-state index in [0.29, 0.717) is 22.7 Å². The Labute approximate surface area is 167 Å². The van der Waals surface area contributed by atoms with Crippen LogP contribution in [-0.2, 0) is 27.8 Å². The number of amides is 1. The Kier molecular flexibility index (Phi) is 4.64. The molecule has 1 amide bonds. The second-order valence-electron chi connectivity index (χ2n) is 6.59. The van der Waals surface area contributed by atoms with E-state index in [4.69, 9.17) is 16.0 Å². The van der Waals surface area contributed by atoms with Crippen LogP contribution in [-0.4, -0.2) is 14.3 Å². The number of hydrogen-bond acceptors (Lipinski definition) is 4. The number of fused-ring (bicyclic) bond motifs is 1. The summed E-state index contributed by atoms with van der Waals surface area (Å²) in [6, 6.07) is 13.5. The summed E-state index contributed by atoms with van der Waals surface area (Å²) in [5.74, 6) is 0.310. The van der Waals surface area contributed by atoms with E-state index >= 15 is 0 Å². The van der Waals surface area contributed by atoms with Gasteiger partial charge >= 0.3 is 0 Å². The molecule has 6 nitrogen and oxygen atoms in total. The van der Waals surface area contributed by atoms with E-state index in [1.807, 2.05) is 19.1 Å². The van der Waals surface area contributed by atoms with Crippen molar-refractivity contribution >= 4 is 38.9 Å². The first kappa shape index (κ1) is 18.6. The standard InChI is InChI=1S/C20H17ClN2O4S/c1-13-4-6-15(7-5-13)23(12-16-3-2-8-27-16)28(25,26)19-9-14-10-20(24)22-18(14)11-17(19)21/h2-9,11H,10,12H2,1H3,(H,22,24). The molecule has 4 rings (SSSR count). The van der Waals surface area contributed by atoms with Crippen LogP contribution in [0.25, 0.3) is 0 Å². The van der Waals surface area contributed by atoms with Crippen LogP contribution in [0, 0.1) is 6.92 Å². The van der Waals surface area contributed by atoms with Gasteiger partial charge in [-0.25, -0.2) is 8.42 Å². The van der Waals surface area contributed by atoms with Gasteiger partial charge in [0.25, 0.3) is 10.0 Å². The first-order valence-corrected chi connectivity index (χ1v) is 10.4. The Bertz CT molecular complexity index is 1140. The molecular formula is C20H17ClN2O4S. The molecular weight excluding hydrogens is 400 g/mol. The van der Waals surface area contributed by atoms with Gasteiger partial charge in [-0.3, -0.25) is 9.10 Å². The minimum atomic E-state index is -4.01. The molecule has 0 spiro atoms. The number of sulfonamides is 1. The third-order valence-electron chi connectivity index (χ3n) is 4.55. The maximum Gasteiger partial charge on any atom is 0.266 e. The predicted octanol–water partition coefficient (Wildman–Crippen LogP) is 4.13. The Morgan fingerprint density at radius 3 is 2.61 bits per heavy atom. The van der Waals surface area contributed by atoms with Crippen LogP contribution in [0.3, 0.4) is 0 Å². The number of carbonyl (C=O) groups is 1. The molecule has 3 aromatic rings. The highest BCUT2D eigenvalue weighted by Gasteiger charge is 2.31. The number of rotatable bonds is 5. The summed E-state index contributed by atoms with van der Waals surface area (Å²) < 4.78 is 33.7. The highest BCUT2D eigenvalue weighted by molar-refractivity contribution is 7.93. The Hall–Kier alpha value is -2.77. The first-order valence-electron chi connectivity index (χ1n) is 8.58. The van der Waals surface area contributed by atoms with Crippen molar-refractivity contribution in [1.29, 1.82) is 0 Å². The predicted molar refractivity (Wildman–Crippen MR) is 107 cm³/mol. The fourth-order valence-corrected chi connectivity index (χ4v) is 5.10. The van der Waals surface area contributed by atoms with Crippen molar-refractivity contribution in [1.82, 2.24) is 0 Å². The number of carbonyl (C=O) groups excluding carboxylic acids is 1. The van der Waals surface area contributed by atoms with Gasteiger partial charge in [-0.05, 0) is 48.9 Å².